The zero-order chi connectivity index (χ0) is 28.8. The van der Waals surface area contributed by atoms with Crippen LogP contribution in [0.4, 0.5) is 0 Å². The smallest absolute Gasteiger partial charge is 0.00201 e. The molecule has 0 nitrogen and oxygen atoms in total. The predicted octanol–water partition coefficient (Wildman–Crippen LogP) is 12.4. The van der Waals surface area contributed by atoms with Crippen molar-refractivity contribution in [1.29, 1.82) is 0 Å². The van der Waals surface area contributed by atoms with E-state index in [-0.39, 0.29) is 0 Å². The molecular weight excluding hydrogens is 528 g/mol. The van der Waals surface area contributed by atoms with E-state index >= 15 is 0 Å². The third-order valence-electron chi connectivity index (χ3n) is 9.74. The van der Waals surface area contributed by atoms with Gasteiger partial charge in [0.05, 0.1) is 0 Å². The van der Waals surface area contributed by atoms with Crippen LogP contribution in [0.3, 0.4) is 0 Å². The summed E-state index contributed by atoms with van der Waals surface area (Å²) in [5.74, 6) is 0. The van der Waals surface area contributed by atoms with Crippen LogP contribution >= 0.6 is 0 Å². The average Bonchev–Trinajstić information content (AvgIpc) is 3.51. The second kappa shape index (κ2) is 8.89. The molecular formula is C44H26. The number of hydrogen-bond acceptors (Lipinski definition) is 0. The maximum Gasteiger partial charge on any atom is -0.00201 e. The molecule has 9 aromatic carbocycles. The Kier molecular flexibility index (Phi) is 4.81. The first kappa shape index (κ1) is 23.8. The second-order valence-electron chi connectivity index (χ2n) is 12.1. The molecule has 0 atom stereocenters. The standard InChI is InChI=1S/C44H26/c1-2-10-34-27(8-1)16-20-31-24-33-25-32(21-19-30(33)26-41(31)34)43-36-11-3-5-13-38(36)44(39-14-6-4-12-37(39)43)40-23-22-29-18-17-28-9-7-15-35(40)42(28)29/h1-26H. The minimum atomic E-state index is 1.25. The zero-order valence-corrected chi connectivity index (χ0v) is 24.0. The van der Waals surface area contributed by atoms with Gasteiger partial charge in [0.1, 0.15) is 0 Å². The van der Waals surface area contributed by atoms with Gasteiger partial charge in [-0.3, -0.25) is 0 Å². The minimum absolute atomic E-state index is 1.25. The predicted molar refractivity (Wildman–Crippen MR) is 191 cm³/mol. The van der Waals surface area contributed by atoms with Crippen LogP contribution < -0.4 is 0 Å². The molecule has 44 heavy (non-hydrogen) atoms. The fourth-order valence-corrected chi connectivity index (χ4v) is 7.78. The van der Waals surface area contributed by atoms with E-state index in [0.29, 0.717) is 0 Å². The molecule has 202 valence electrons. The van der Waals surface area contributed by atoms with Gasteiger partial charge in [0, 0.05) is 0 Å². The van der Waals surface area contributed by atoms with Gasteiger partial charge in [0.25, 0.3) is 0 Å². The number of fused-ring (bicyclic) bond motifs is 6. The highest BCUT2D eigenvalue weighted by Gasteiger charge is 2.20. The minimum Gasteiger partial charge on any atom is -0.0616 e. The summed E-state index contributed by atoms with van der Waals surface area (Å²) in [6, 6.07) is 54.2. The van der Waals surface area contributed by atoms with Crippen LogP contribution in [0.1, 0.15) is 11.1 Å². The van der Waals surface area contributed by atoms with Crippen molar-refractivity contribution in [3.05, 3.63) is 157 Å². The molecule has 0 fully saturated rings. The molecule has 0 heterocycles. The summed E-state index contributed by atoms with van der Waals surface area (Å²) >= 11 is 0. The molecule has 0 heteroatoms. The summed E-state index contributed by atoms with van der Waals surface area (Å²) in [4.78, 5) is 0. The summed E-state index contributed by atoms with van der Waals surface area (Å²) in [7, 11) is 0. The highest BCUT2D eigenvalue weighted by atomic mass is 14.2. The molecule has 0 unspecified atom stereocenters. The van der Waals surface area contributed by atoms with Gasteiger partial charge in [-0.25, -0.2) is 0 Å². The van der Waals surface area contributed by atoms with Crippen molar-refractivity contribution in [2.24, 2.45) is 0 Å². The fourth-order valence-electron chi connectivity index (χ4n) is 7.78. The lowest BCUT2D eigenvalue weighted by Crippen LogP contribution is -1.92. The third-order valence-corrected chi connectivity index (χ3v) is 9.74. The maximum absolute atomic E-state index is 2.39. The number of rotatable bonds is 2. The molecule has 0 N–H and O–H groups in total. The Hall–Kier alpha value is -5.72. The fraction of sp³-hybridized carbons (Fsp3) is 0. The van der Waals surface area contributed by atoms with E-state index in [4.69, 9.17) is 0 Å². The van der Waals surface area contributed by atoms with Crippen molar-refractivity contribution in [2.75, 3.05) is 0 Å². The molecule has 9 aromatic rings. The maximum atomic E-state index is 2.39. The molecule has 0 saturated heterocycles. The third kappa shape index (κ3) is 3.28. The molecule has 10 rings (SSSR count). The van der Waals surface area contributed by atoms with E-state index in [0.717, 1.165) is 0 Å². The number of hydrogen-bond donors (Lipinski definition) is 0. The second-order valence-corrected chi connectivity index (χ2v) is 12.1. The topological polar surface area (TPSA) is 0 Å². The van der Waals surface area contributed by atoms with E-state index in [2.05, 4.69) is 158 Å². The first-order valence-electron chi connectivity index (χ1n) is 15.4. The lowest BCUT2D eigenvalue weighted by molar-refractivity contribution is 1.68. The summed E-state index contributed by atoms with van der Waals surface area (Å²) < 4.78 is 0. The molecule has 0 aromatic heterocycles. The van der Waals surface area contributed by atoms with Crippen molar-refractivity contribution >= 4 is 76.8 Å². The van der Waals surface area contributed by atoms with Gasteiger partial charge in [-0.15, -0.1) is 0 Å². The monoisotopic (exact) mass is 554 g/mol. The van der Waals surface area contributed by atoms with Crippen LogP contribution in [0.15, 0.2) is 146 Å². The number of benzene rings is 9. The van der Waals surface area contributed by atoms with E-state index in [9.17, 15) is 0 Å². The first-order chi connectivity index (χ1) is 21.8. The average molecular weight is 555 g/mol. The Labute approximate surface area is 255 Å². The Balaban J connectivity index is 1.27. The molecule has 1 aliphatic rings. The van der Waals surface area contributed by atoms with Gasteiger partial charge < -0.3 is 0 Å². The molecule has 1 aliphatic carbocycles. The van der Waals surface area contributed by atoms with Crippen LogP contribution in [-0.4, -0.2) is 0 Å². The summed E-state index contributed by atoms with van der Waals surface area (Å²) in [5.41, 5.74) is 7.77. The van der Waals surface area contributed by atoms with E-state index < -0.39 is 0 Å². The van der Waals surface area contributed by atoms with Crippen LogP contribution in [-0.2, 0) is 0 Å². The van der Waals surface area contributed by atoms with Crippen LogP contribution in [0.25, 0.3) is 99.0 Å². The SMILES string of the molecule is C1=Cc2ccc(-c3c4ccccc4c(-c4ccc5cc6c(ccc7ccccc76)cc5c4)c4ccccc34)c3cccc1c23. The Morgan fingerprint density at radius 2 is 0.909 bits per heavy atom. The molecule has 0 bridgehead atoms. The van der Waals surface area contributed by atoms with Crippen molar-refractivity contribution in [3.8, 4) is 22.3 Å². The van der Waals surface area contributed by atoms with Crippen molar-refractivity contribution in [3.63, 3.8) is 0 Å². The van der Waals surface area contributed by atoms with Gasteiger partial charge >= 0.3 is 0 Å². The van der Waals surface area contributed by atoms with Crippen molar-refractivity contribution in [1.82, 2.24) is 0 Å². The van der Waals surface area contributed by atoms with Gasteiger partial charge in [0.2, 0.25) is 0 Å². The Morgan fingerprint density at radius 3 is 1.68 bits per heavy atom. The zero-order valence-electron chi connectivity index (χ0n) is 24.0. The summed E-state index contributed by atoms with van der Waals surface area (Å²) in [6.45, 7) is 0. The van der Waals surface area contributed by atoms with Gasteiger partial charge in [-0.05, 0) is 116 Å². The van der Waals surface area contributed by atoms with E-state index in [1.54, 1.807) is 0 Å². The Bertz CT molecular complexity index is 2640. The van der Waals surface area contributed by atoms with Crippen molar-refractivity contribution in [2.45, 2.75) is 0 Å². The highest BCUT2D eigenvalue weighted by Crippen LogP contribution is 2.47. The quantitative estimate of drug-likeness (QED) is 0.147. The summed E-state index contributed by atoms with van der Waals surface area (Å²) in [5, 5.41) is 15.5. The molecule has 0 amide bonds. The van der Waals surface area contributed by atoms with Crippen LogP contribution in [0.2, 0.25) is 0 Å². The molecule has 0 saturated carbocycles. The van der Waals surface area contributed by atoms with Crippen LogP contribution in [0, 0.1) is 0 Å². The van der Waals surface area contributed by atoms with Gasteiger partial charge in [-0.1, -0.05) is 140 Å². The Morgan fingerprint density at radius 1 is 0.295 bits per heavy atom. The van der Waals surface area contributed by atoms with Crippen LogP contribution in [0.5, 0.6) is 0 Å². The van der Waals surface area contributed by atoms with Crippen molar-refractivity contribution < 1.29 is 0 Å². The van der Waals surface area contributed by atoms with Gasteiger partial charge in [0.15, 0.2) is 0 Å². The van der Waals surface area contributed by atoms with E-state index in [1.165, 1.54) is 98.0 Å². The lowest BCUT2D eigenvalue weighted by Gasteiger charge is -2.19. The highest BCUT2D eigenvalue weighted by molar-refractivity contribution is 6.25. The summed E-state index contributed by atoms with van der Waals surface area (Å²) in [6.07, 6.45) is 4.48. The molecule has 0 spiro atoms. The van der Waals surface area contributed by atoms with E-state index in [1.807, 2.05) is 0 Å². The van der Waals surface area contributed by atoms with Gasteiger partial charge in [-0.2, -0.15) is 0 Å². The molecule has 0 radical (unpaired) electrons. The molecule has 0 aliphatic heterocycles. The lowest BCUT2D eigenvalue weighted by atomic mass is 9.84. The normalized spacial score (nSPS) is 12.5. The first-order valence-corrected chi connectivity index (χ1v) is 15.4. The largest absolute Gasteiger partial charge is 0.0616 e.